The molecule has 72 heavy (non-hydrogen) atoms. The van der Waals surface area contributed by atoms with E-state index in [0.29, 0.717) is 5.56 Å². The number of nitriles is 1. The highest BCUT2D eigenvalue weighted by atomic mass is 14.4. The van der Waals surface area contributed by atoms with Crippen LogP contribution in [0, 0.1) is 25.2 Å². The lowest BCUT2D eigenvalue weighted by molar-refractivity contribution is 1.45. The van der Waals surface area contributed by atoms with Crippen molar-refractivity contribution in [3.05, 3.63) is 217 Å². The van der Waals surface area contributed by atoms with Gasteiger partial charge in [-0.1, -0.05) is 182 Å². The zero-order valence-corrected chi connectivity index (χ0v) is 39.5. The number of hydrogen-bond acceptors (Lipinski definition) is 1. The maximum absolute atomic E-state index is 10.4. The topological polar surface area (TPSA) is 23.8 Å². The second-order valence-electron chi connectivity index (χ2n) is 20.5. The van der Waals surface area contributed by atoms with Gasteiger partial charge >= 0.3 is 0 Å². The van der Waals surface area contributed by atoms with Crippen molar-refractivity contribution < 1.29 is 0 Å². The number of aryl methyl sites for hydroxylation is 2. The van der Waals surface area contributed by atoms with E-state index < -0.39 is 0 Å². The fourth-order valence-electron chi connectivity index (χ4n) is 14.3. The zero-order chi connectivity index (χ0) is 47.2. The first kappa shape index (κ1) is 38.5. The van der Waals surface area contributed by atoms with E-state index in [0.717, 1.165) is 5.39 Å². The quantitative estimate of drug-likeness (QED) is 0.128. The Bertz CT molecular complexity index is 5140. The van der Waals surface area contributed by atoms with Crippen molar-refractivity contribution in [3.8, 4) is 61.7 Å². The predicted octanol–water partition coefficient (Wildman–Crippen LogP) is 19.8. The monoisotopic (exact) mass is 905 g/mol. The summed E-state index contributed by atoms with van der Waals surface area (Å²) in [4.78, 5) is 0. The molecule has 1 aliphatic rings. The lowest BCUT2D eigenvalue weighted by Crippen LogP contribution is -1.96. The van der Waals surface area contributed by atoms with E-state index in [2.05, 4.69) is 214 Å². The molecule has 0 unspecified atom stereocenters. The molecule has 0 bridgehead atoms. The van der Waals surface area contributed by atoms with Crippen LogP contribution in [0.3, 0.4) is 0 Å². The molecule has 0 aromatic heterocycles. The standard InChI is InChI=1S/C71H39N/c1-37-14-6-9-19-42(37)59-51-25-24-39(36-72)34-56(51)60(43-20-10-7-15-38(43)2)69-54-32-28-49-50-29-33-55-64-52(30-26-47(62(50)64)48-27-31-53(68(59)69)65(54)63(48)49)67-58(40-16-4-3-5-17-40)57-35-41-18-8-11-21-44(41)61-45-22-12-13-23-46(45)66(70(55)67)71(57)61/h3-35H,1-2H3. The maximum atomic E-state index is 10.4. The molecule has 0 saturated heterocycles. The maximum Gasteiger partial charge on any atom is 0.0991 e. The third-order valence-electron chi connectivity index (χ3n) is 17.1. The van der Waals surface area contributed by atoms with Crippen LogP contribution in [0.2, 0.25) is 0 Å². The van der Waals surface area contributed by atoms with Crippen molar-refractivity contribution >= 4 is 118 Å². The molecule has 0 spiro atoms. The van der Waals surface area contributed by atoms with Gasteiger partial charge in [0.25, 0.3) is 0 Å². The summed E-state index contributed by atoms with van der Waals surface area (Å²) in [5.41, 5.74) is 15.6. The van der Waals surface area contributed by atoms with Crippen LogP contribution in [0.4, 0.5) is 0 Å². The third-order valence-corrected chi connectivity index (χ3v) is 17.1. The van der Waals surface area contributed by atoms with Crippen LogP contribution in [0.25, 0.3) is 174 Å². The zero-order valence-electron chi connectivity index (χ0n) is 39.5. The smallest absolute Gasteiger partial charge is 0.0991 e. The van der Waals surface area contributed by atoms with E-state index in [9.17, 15) is 5.26 Å². The molecule has 17 rings (SSSR count). The van der Waals surface area contributed by atoms with Gasteiger partial charge < -0.3 is 0 Å². The third kappa shape index (κ3) is 4.56. The van der Waals surface area contributed by atoms with Crippen molar-refractivity contribution in [2.45, 2.75) is 13.8 Å². The van der Waals surface area contributed by atoms with Gasteiger partial charge in [-0.25, -0.2) is 0 Å². The number of fused-ring (bicyclic) bond motifs is 15. The van der Waals surface area contributed by atoms with E-state index in [1.165, 1.54) is 180 Å². The Morgan fingerprint density at radius 1 is 0.264 bits per heavy atom. The Labute approximate surface area is 414 Å². The van der Waals surface area contributed by atoms with Gasteiger partial charge in [-0.15, -0.1) is 0 Å². The second kappa shape index (κ2) is 13.5. The molecule has 0 amide bonds. The van der Waals surface area contributed by atoms with Crippen LogP contribution >= 0.6 is 0 Å². The number of rotatable bonds is 3. The van der Waals surface area contributed by atoms with Crippen LogP contribution in [-0.4, -0.2) is 0 Å². The van der Waals surface area contributed by atoms with Crippen LogP contribution < -0.4 is 0 Å². The second-order valence-corrected chi connectivity index (χ2v) is 20.5. The lowest BCUT2D eigenvalue weighted by Gasteiger charge is -2.22. The molecule has 0 radical (unpaired) electrons. The van der Waals surface area contributed by atoms with E-state index in [1.807, 2.05) is 6.07 Å². The lowest BCUT2D eigenvalue weighted by atomic mass is 9.80. The van der Waals surface area contributed by atoms with Gasteiger partial charge in [0, 0.05) is 0 Å². The molecule has 0 saturated carbocycles. The Hall–Kier alpha value is -9.35. The molecule has 1 nitrogen and oxygen atoms in total. The van der Waals surface area contributed by atoms with Crippen molar-refractivity contribution in [2.24, 2.45) is 0 Å². The summed E-state index contributed by atoms with van der Waals surface area (Å²) in [6.45, 7) is 4.45. The van der Waals surface area contributed by atoms with E-state index >= 15 is 0 Å². The first-order chi connectivity index (χ1) is 35.6. The molecule has 0 atom stereocenters. The Balaban J connectivity index is 1.05. The molecule has 1 heteroatoms. The van der Waals surface area contributed by atoms with Gasteiger partial charge in [0.15, 0.2) is 0 Å². The molecule has 0 N–H and O–H groups in total. The van der Waals surface area contributed by atoms with Crippen molar-refractivity contribution in [1.82, 2.24) is 0 Å². The van der Waals surface area contributed by atoms with Gasteiger partial charge in [-0.3, -0.25) is 0 Å². The van der Waals surface area contributed by atoms with E-state index in [1.54, 1.807) is 0 Å². The van der Waals surface area contributed by atoms with Crippen molar-refractivity contribution in [3.63, 3.8) is 0 Å². The first-order valence-electron chi connectivity index (χ1n) is 25.2. The van der Waals surface area contributed by atoms with Crippen LogP contribution in [-0.2, 0) is 0 Å². The van der Waals surface area contributed by atoms with Gasteiger partial charge in [0.1, 0.15) is 0 Å². The first-order valence-corrected chi connectivity index (χ1v) is 25.2. The molecule has 0 heterocycles. The van der Waals surface area contributed by atoms with Crippen molar-refractivity contribution in [2.75, 3.05) is 0 Å². The molecule has 1 aliphatic carbocycles. The summed E-state index contributed by atoms with van der Waals surface area (Å²) in [6.07, 6.45) is 0. The Morgan fingerprint density at radius 2 is 0.708 bits per heavy atom. The van der Waals surface area contributed by atoms with Crippen LogP contribution in [0.5, 0.6) is 0 Å². The van der Waals surface area contributed by atoms with Gasteiger partial charge in [-0.2, -0.15) is 5.26 Å². The highest BCUT2D eigenvalue weighted by molar-refractivity contribution is 6.52. The summed E-state index contributed by atoms with van der Waals surface area (Å²) < 4.78 is 0. The highest BCUT2D eigenvalue weighted by Crippen LogP contribution is 2.62. The average molecular weight is 906 g/mol. The average Bonchev–Trinajstić information content (AvgIpc) is 4.07. The number of nitrogens with zero attached hydrogens (tertiary/aromatic N) is 1. The Morgan fingerprint density at radius 3 is 1.36 bits per heavy atom. The van der Waals surface area contributed by atoms with E-state index in [-0.39, 0.29) is 0 Å². The highest BCUT2D eigenvalue weighted by Gasteiger charge is 2.34. The van der Waals surface area contributed by atoms with Crippen molar-refractivity contribution in [1.29, 1.82) is 5.26 Å². The molecular formula is C71H39N. The SMILES string of the molecule is Cc1ccccc1-c1c2c(c(-c3ccccc3C)c3cc(C#N)ccc13)-c1ccc3c4ccc5c6c(ccc(c7ccc-2c1c73)c46)c1c(-c2ccccc2)c2cc3ccccc3c3c4ccccc4c(c51)c23. The fraction of sp³-hybridized carbons (Fsp3) is 0.0282. The fourth-order valence-corrected chi connectivity index (χ4v) is 14.3. The summed E-state index contributed by atoms with van der Waals surface area (Å²) in [7, 11) is 0. The summed E-state index contributed by atoms with van der Waals surface area (Å²) in [5.74, 6) is 0. The van der Waals surface area contributed by atoms with Gasteiger partial charge in [0.2, 0.25) is 0 Å². The molecule has 16 aromatic rings. The molecule has 16 aromatic carbocycles. The minimum absolute atomic E-state index is 0.666. The molecule has 0 aliphatic heterocycles. The number of hydrogen-bond donors (Lipinski definition) is 0. The Kier molecular flexibility index (Phi) is 7.21. The molecular weight excluding hydrogens is 867 g/mol. The molecule has 0 fully saturated rings. The normalized spacial score (nSPS) is 12.6. The number of benzene rings is 14. The minimum atomic E-state index is 0.666. The summed E-state index contributed by atoms with van der Waals surface area (Å²) >= 11 is 0. The van der Waals surface area contributed by atoms with Crippen LogP contribution in [0.1, 0.15) is 16.7 Å². The summed E-state index contributed by atoms with van der Waals surface area (Å²) in [6, 6.07) is 77.7. The van der Waals surface area contributed by atoms with E-state index in [4.69, 9.17) is 0 Å². The largest absolute Gasteiger partial charge is 0.192 e. The minimum Gasteiger partial charge on any atom is -0.192 e. The molecule has 328 valence electrons. The summed E-state index contributed by atoms with van der Waals surface area (Å²) in [5, 5.41) is 39.1. The van der Waals surface area contributed by atoms with Crippen LogP contribution in [0.15, 0.2) is 200 Å². The predicted molar refractivity (Wildman–Crippen MR) is 307 cm³/mol. The van der Waals surface area contributed by atoms with Gasteiger partial charge in [-0.05, 0) is 217 Å². The van der Waals surface area contributed by atoms with Gasteiger partial charge in [0.05, 0.1) is 11.6 Å².